The summed E-state index contributed by atoms with van der Waals surface area (Å²) in [6, 6.07) is 77.2. The molecule has 0 aliphatic rings. The Labute approximate surface area is 362 Å². The van der Waals surface area contributed by atoms with Crippen molar-refractivity contribution in [2.75, 3.05) is 0 Å². The number of furan rings is 1. The number of hydrogen-bond acceptors (Lipinski definition) is 3. The van der Waals surface area contributed by atoms with E-state index >= 15 is 0 Å². The third-order valence-corrected chi connectivity index (χ3v) is 12.6. The maximum Gasteiger partial charge on any atom is 0.161 e. The Bertz CT molecular complexity index is 3800. The number of para-hydroxylation sites is 5. The zero-order chi connectivity index (χ0) is 41.4. The van der Waals surface area contributed by atoms with Crippen LogP contribution in [0.5, 0.6) is 0 Å². The van der Waals surface area contributed by atoms with E-state index in [9.17, 15) is 0 Å². The van der Waals surface area contributed by atoms with Crippen molar-refractivity contribution < 1.29 is 4.42 Å². The lowest BCUT2D eigenvalue weighted by Crippen LogP contribution is -2.04. The second-order valence-corrected chi connectivity index (χ2v) is 16.1. The molecular formula is C58H36N4O. The first-order valence-electron chi connectivity index (χ1n) is 21.3. The summed E-state index contributed by atoms with van der Waals surface area (Å²) in [4.78, 5) is 10.9. The van der Waals surface area contributed by atoms with Gasteiger partial charge in [-0.3, -0.25) is 0 Å². The first kappa shape index (κ1) is 35.2. The number of aromatic nitrogens is 4. The van der Waals surface area contributed by atoms with Crippen molar-refractivity contribution in [2.45, 2.75) is 0 Å². The maximum absolute atomic E-state index is 6.75. The van der Waals surface area contributed by atoms with Crippen LogP contribution >= 0.6 is 0 Å². The minimum atomic E-state index is 0.643. The van der Waals surface area contributed by atoms with Crippen molar-refractivity contribution in [3.63, 3.8) is 0 Å². The fraction of sp³-hybridized carbons (Fsp3) is 0. The van der Waals surface area contributed by atoms with Crippen LogP contribution in [0, 0.1) is 0 Å². The standard InChI is InChI=1S/C58H36N4O/c1-3-18-37(19-4-1)46-36-47(38-20-5-2-6-21-38)60-58(59-46)45-27-17-32-52(55(45)43-25-9-14-30-50(43)61-48-28-12-7-22-39(48)40-23-8-13-29-49(40)61)62-51-31-15-10-26-44(51)56-53(62)35-34-42-41-24-11-16-33-54(41)63-57(42)56/h1-36H. The predicted molar refractivity (Wildman–Crippen MR) is 260 cm³/mol. The summed E-state index contributed by atoms with van der Waals surface area (Å²) in [7, 11) is 0. The lowest BCUT2D eigenvalue weighted by Gasteiger charge is -2.21. The second-order valence-electron chi connectivity index (χ2n) is 16.1. The normalized spacial score (nSPS) is 11.8. The minimum Gasteiger partial charge on any atom is -0.455 e. The van der Waals surface area contributed by atoms with Gasteiger partial charge in [0.1, 0.15) is 11.2 Å². The zero-order valence-electron chi connectivity index (χ0n) is 34.0. The highest BCUT2D eigenvalue weighted by atomic mass is 16.3. The number of benzene rings is 9. The van der Waals surface area contributed by atoms with Gasteiger partial charge in [0.15, 0.2) is 5.82 Å². The molecule has 5 heteroatoms. The molecule has 63 heavy (non-hydrogen) atoms. The topological polar surface area (TPSA) is 48.8 Å². The van der Waals surface area contributed by atoms with Crippen molar-refractivity contribution in [3.05, 3.63) is 218 Å². The Balaban J connectivity index is 1.18. The molecule has 0 fully saturated rings. The van der Waals surface area contributed by atoms with Crippen molar-refractivity contribution >= 4 is 65.6 Å². The van der Waals surface area contributed by atoms with Crippen LogP contribution in [0.4, 0.5) is 0 Å². The van der Waals surface area contributed by atoms with Crippen molar-refractivity contribution in [2.24, 2.45) is 0 Å². The molecule has 4 heterocycles. The Hall–Kier alpha value is -8.54. The Kier molecular flexibility index (Phi) is 7.84. The summed E-state index contributed by atoms with van der Waals surface area (Å²) in [6.45, 7) is 0. The highest BCUT2D eigenvalue weighted by molar-refractivity contribution is 6.24. The van der Waals surface area contributed by atoms with Crippen molar-refractivity contribution in [3.8, 4) is 56.4 Å². The van der Waals surface area contributed by atoms with Gasteiger partial charge in [0, 0.05) is 54.7 Å². The Morgan fingerprint density at radius 1 is 0.349 bits per heavy atom. The third kappa shape index (κ3) is 5.43. The first-order valence-corrected chi connectivity index (χ1v) is 21.3. The van der Waals surface area contributed by atoms with Crippen molar-refractivity contribution in [1.29, 1.82) is 0 Å². The maximum atomic E-state index is 6.75. The van der Waals surface area contributed by atoms with Crippen LogP contribution in [0.15, 0.2) is 223 Å². The molecule has 9 aromatic carbocycles. The van der Waals surface area contributed by atoms with Gasteiger partial charge in [-0.05, 0) is 54.6 Å². The predicted octanol–water partition coefficient (Wildman–Crippen LogP) is 15.2. The van der Waals surface area contributed by atoms with E-state index in [-0.39, 0.29) is 0 Å². The molecule has 0 atom stereocenters. The SMILES string of the molecule is c1ccc(-c2cc(-c3ccccc3)nc(-c3cccc(-n4c5ccccc5c5c6oc7ccccc7c6ccc54)c3-c3ccccc3-n3c4ccccc4c4ccccc43)n2)cc1. The molecule has 0 saturated heterocycles. The summed E-state index contributed by atoms with van der Waals surface area (Å²) in [5, 5.41) is 6.84. The Morgan fingerprint density at radius 3 is 1.54 bits per heavy atom. The molecule has 0 unspecified atom stereocenters. The van der Waals surface area contributed by atoms with Gasteiger partial charge in [0.25, 0.3) is 0 Å². The summed E-state index contributed by atoms with van der Waals surface area (Å²) in [5.74, 6) is 0.643. The zero-order valence-corrected chi connectivity index (χ0v) is 34.0. The van der Waals surface area contributed by atoms with Gasteiger partial charge in [0.2, 0.25) is 0 Å². The smallest absolute Gasteiger partial charge is 0.161 e. The van der Waals surface area contributed by atoms with Gasteiger partial charge in [0.05, 0.1) is 50.2 Å². The largest absolute Gasteiger partial charge is 0.455 e. The average Bonchev–Trinajstić information content (AvgIpc) is 4.02. The van der Waals surface area contributed by atoms with Crippen LogP contribution in [0.25, 0.3) is 122 Å². The van der Waals surface area contributed by atoms with E-state index in [1.165, 1.54) is 10.8 Å². The van der Waals surface area contributed by atoms with E-state index in [1.807, 2.05) is 18.2 Å². The third-order valence-electron chi connectivity index (χ3n) is 12.6. The monoisotopic (exact) mass is 804 g/mol. The quantitative estimate of drug-likeness (QED) is 0.168. The van der Waals surface area contributed by atoms with Gasteiger partial charge < -0.3 is 13.6 Å². The number of hydrogen-bond donors (Lipinski definition) is 0. The average molecular weight is 805 g/mol. The fourth-order valence-electron chi connectivity index (χ4n) is 9.83. The summed E-state index contributed by atoms with van der Waals surface area (Å²) < 4.78 is 11.6. The van der Waals surface area contributed by atoms with E-state index in [4.69, 9.17) is 14.4 Å². The summed E-state index contributed by atoms with van der Waals surface area (Å²) >= 11 is 0. The molecule has 0 spiro atoms. The van der Waals surface area contributed by atoms with E-state index < -0.39 is 0 Å². The van der Waals surface area contributed by atoms with Crippen LogP contribution < -0.4 is 0 Å². The molecule has 0 N–H and O–H groups in total. The first-order chi connectivity index (χ1) is 31.3. The van der Waals surface area contributed by atoms with E-state index in [2.05, 4.69) is 209 Å². The van der Waals surface area contributed by atoms with Crippen LogP contribution in [0.2, 0.25) is 0 Å². The molecule has 13 aromatic rings. The van der Waals surface area contributed by atoms with Crippen LogP contribution in [0.1, 0.15) is 0 Å². The fourth-order valence-corrected chi connectivity index (χ4v) is 9.83. The Morgan fingerprint density at radius 2 is 0.857 bits per heavy atom. The van der Waals surface area contributed by atoms with E-state index in [0.717, 1.165) is 105 Å². The molecule has 0 amide bonds. The highest BCUT2D eigenvalue weighted by Crippen LogP contribution is 2.46. The molecule has 0 bridgehead atoms. The number of fused-ring (bicyclic) bond motifs is 10. The molecular weight excluding hydrogens is 769 g/mol. The van der Waals surface area contributed by atoms with Crippen molar-refractivity contribution in [1.82, 2.24) is 19.1 Å². The molecule has 5 nitrogen and oxygen atoms in total. The van der Waals surface area contributed by atoms with Gasteiger partial charge >= 0.3 is 0 Å². The van der Waals surface area contributed by atoms with Crippen LogP contribution in [-0.2, 0) is 0 Å². The summed E-state index contributed by atoms with van der Waals surface area (Å²) in [5.41, 5.74) is 15.0. The highest BCUT2D eigenvalue weighted by Gasteiger charge is 2.26. The van der Waals surface area contributed by atoms with Gasteiger partial charge in [-0.15, -0.1) is 0 Å². The van der Waals surface area contributed by atoms with Gasteiger partial charge in [-0.1, -0.05) is 164 Å². The summed E-state index contributed by atoms with van der Waals surface area (Å²) in [6.07, 6.45) is 0. The van der Waals surface area contributed by atoms with Crippen LogP contribution in [0.3, 0.4) is 0 Å². The minimum absolute atomic E-state index is 0.643. The molecule has 0 aliphatic heterocycles. The molecule has 13 rings (SSSR count). The molecule has 0 aliphatic carbocycles. The lowest BCUT2D eigenvalue weighted by atomic mass is 9.94. The van der Waals surface area contributed by atoms with Crippen LogP contribution in [-0.4, -0.2) is 19.1 Å². The molecule has 294 valence electrons. The number of nitrogens with zero attached hydrogens (tertiary/aromatic N) is 4. The molecule has 0 radical (unpaired) electrons. The van der Waals surface area contributed by atoms with Gasteiger partial charge in [-0.25, -0.2) is 9.97 Å². The van der Waals surface area contributed by atoms with E-state index in [0.29, 0.717) is 5.82 Å². The number of rotatable bonds is 6. The van der Waals surface area contributed by atoms with E-state index in [1.54, 1.807) is 0 Å². The van der Waals surface area contributed by atoms with Gasteiger partial charge in [-0.2, -0.15) is 0 Å². The second kappa shape index (κ2) is 14.0. The lowest BCUT2D eigenvalue weighted by molar-refractivity contribution is 0.673. The molecule has 4 aromatic heterocycles. The molecule has 0 saturated carbocycles.